The molecule has 29 heavy (non-hydrogen) atoms. The van der Waals surface area contributed by atoms with Gasteiger partial charge in [0.2, 0.25) is 0 Å². The van der Waals surface area contributed by atoms with E-state index in [0.717, 1.165) is 38.0 Å². The molecule has 1 aliphatic heterocycles. The molecule has 0 saturated carbocycles. The number of nitrogens with zero attached hydrogens (tertiary/aromatic N) is 5. The summed E-state index contributed by atoms with van der Waals surface area (Å²) < 4.78 is 15.7. The van der Waals surface area contributed by atoms with Gasteiger partial charge < -0.3 is 9.80 Å². The van der Waals surface area contributed by atoms with Crippen molar-refractivity contribution in [3.05, 3.63) is 53.6 Å². The van der Waals surface area contributed by atoms with Gasteiger partial charge in [0.1, 0.15) is 11.5 Å². The molecule has 1 fully saturated rings. The van der Waals surface area contributed by atoms with Crippen LogP contribution in [0.2, 0.25) is 0 Å². The Balaban J connectivity index is 1.65. The molecule has 7 heteroatoms. The van der Waals surface area contributed by atoms with Gasteiger partial charge in [-0.2, -0.15) is 5.10 Å². The highest BCUT2D eigenvalue weighted by atomic mass is 19.1. The Labute approximate surface area is 172 Å². The molecule has 1 atom stereocenters. The molecule has 158 valence electrons. The number of piperidine rings is 1. The van der Waals surface area contributed by atoms with Crippen LogP contribution in [-0.2, 0) is 13.6 Å². The Morgan fingerprint density at radius 2 is 2.03 bits per heavy atom. The van der Waals surface area contributed by atoms with Crippen molar-refractivity contribution in [3.8, 4) is 0 Å². The summed E-state index contributed by atoms with van der Waals surface area (Å²) in [5.74, 6) is 0.265. The SMILES string of the molecule is CN(C)CCN(CC1CCCN(Cc2ccccc2F)C1)C(=O)c1ccnn1C. The number of rotatable bonds is 8. The summed E-state index contributed by atoms with van der Waals surface area (Å²) in [4.78, 5) is 19.5. The Bertz CT molecular complexity index is 806. The van der Waals surface area contributed by atoms with E-state index in [1.165, 1.54) is 6.07 Å². The van der Waals surface area contributed by atoms with Crippen molar-refractivity contribution in [2.24, 2.45) is 13.0 Å². The van der Waals surface area contributed by atoms with E-state index >= 15 is 0 Å². The third-order valence-electron chi connectivity index (χ3n) is 5.58. The average Bonchev–Trinajstić information content (AvgIpc) is 3.12. The van der Waals surface area contributed by atoms with E-state index in [4.69, 9.17) is 0 Å². The number of carbonyl (C=O) groups is 1. The molecule has 0 radical (unpaired) electrons. The van der Waals surface area contributed by atoms with E-state index < -0.39 is 0 Å². The number of carbonyl (C=O) groups excluding carboxylic acids is 1. The van der Waals surface area contributed by atoms with Crippen LogP contribution in [0, 0.1) is 11.7 Å². The lowest BCUT2D eigenvalue weighted by molar-refractivity contribution is 0.0649. The normalized spacial score (nSPS) is 17.6. The second-order valence-corrected chi connectivity index (χ2v) is 8.23. The molecule has 0 aliphatic carbocycles. The summed E-state index contributed by atoms with van der Waals surface area (Å²) in [6, 6.07) is 8.76. The number of amides is 1. The van der Waals surface area contributed by atoms with Crippen LogP contribution >= 0.6 is 0 Å². The van der Waals surface area contributed by atoms with Gasteiger partial charge in [0.15, 0.2) is 0 Å². The van der Waals surface area contributed by atoms with Crippen LogP contribution in [0.5, 0.6) is 0 Å². The summed E-state index contributed by atoms with van der Waals surface area (Å²) in [5.41, 5.74) is 1.35. The van der Waals surface area contributed by atoms with E-state index in [9.17, 15) is 9.18 Å². The highest BCUT2D eigenvalue weighted by Gasteiger charge is 2.26. The predicted octanol–water partition coefficient (Wildman–Crippen LogP) is 2.48. The lowest BCUT2D eigenvalue weighted by atomic mass is 9.96. The summed E-state index contributed by atoms with van der Waals surface area (Å²) in [6.07, 6.45) is 3.82. The number of aromatic nitrogens is 2. The molecule has 6 nitrogen and oxygen atoms in total. The quantitative estimate of drug-likeness (QED) is 0.682. The van der Waals surface area contributed by atoms with Gasteiger partial charge in [0.25, 0.3) is 5.91 Å². The Kier molecular flexibility index (Phi) is 7.39. The first-order chi connectivity index (χ1) is 13.9. The fourth-order valence-electron chi connectivity index (χ4n) is 3.97. The summed E-state index contributed by atoms with van der Waals surface area (Å²) in [6.45, 7) is 4.68. The van der Waals surface area contributed by atoms with Gasteiger partial charge in [0, 0.05) is 51.5 Å². The predicted molar refractivity (Wildman–Crippen MR) is 112 cm³/mol. The van der Waals surface area contributed by atoms with E-state index in [2.05, 4.69) is 14.9 Å². The van der Waals surface area contributed by atoms with E-state index in [-0.39, 0.29) is 11.7 Å². The second kappa shape index (κ2) is 9.98. The summed E-state index contributed by atoms with van der Waals surface area (Å²) in [7, 11) is 5.83. The molecule has 3 rings (SSSR count). The molecular formula is C22H32FN5O. The third kappa shape index (κ3) is 5.87. The number of benzene rings is 1. The van der Waals surface area contributed by atoms with Gasteiger partial charge in [-0.25, -0.2) is 4.39 Å². The van der Waals surface area contributed by atoms with E-state index in [1.807, 2.05) is 31.1 Å². The first-order valence-corrected chi connectivity index (χ1v) is 10.3. The summed E-state index contributed by atoms with van der Waals surface area (Å²) >= 11 is 0. The van der Waals surface area contributed by atoms with E-state index in [1.54, 1.807) is 30.1 Å². The molecule has 0 N–H and O–H groups in total. The van der Waals surface area contributed by atoms with Gasteiger partial charge in [-0.3, -0.25) is 14.4 Å². The van der Waals surface area contributed by atoms with Crippen LogP contribution < -0.4 is 0 Å². The van der Waals surface area contributed by atoms with Crippen LogP contribution in [0.25, 0.3) is 0 Å². The maximum absolute atomic E-state index is 14.0. The van der Waals surface area contributed by atoms with Gasteiger partial charge >= 0.3 is 0 Å². The Morgan fingerprint density at radius 1 is 1.24 bits per heavy atom. The minimum absolute atomic E-state index is 0.0260. The van der Waals surface area contributed by atoms with E-state index in [0.29, 0.717) is 31.2 Å². The number of likely N-dealkylation sites (tertiary alicyclic amines) is 1. The number of halogens is 1. The van der Waals surface area contributed by atoms with Crippen LogP contribution in [0.4, 0.5) is 4.39 Å². The Morgan fingerprint density at radius 3 is 2.72 bits per heavy atom. The van der Waals surface area contributed by atoms with Gasteiger partial charge in [-0.15, -0.1) is 0 Å². The standard InChI is InChI=1S/C22H32FN5O/c1-25(2)13-14-28(22(29)21-10-11-24-26(21)3)16-18-7-6-12-27(15-18)17-19-8-4-5-9-20(19)23/h4-5,8-11,18H,6-7,12-17H2,1-3H3. The zero-order chi connectivity index (χ0) is 20.8. The molecule has 1 aromatic carbocycles. The molecule has 1 unspecified atom stereocenters. The number of hydrogen-bond acceptors (Lipinski definition) is 4. The van der Waals surface area contributed by atoms with Crippen molar-refractivity contribution in [2.45, 2.75) is 19.4 Å². The zero-order valence-corrected chi connectivity index (χ0v) is 17.7. The lowest BCUT2D eigenvalue weighted by Gasteiger charge is -2.36. The fraction of sp³-hybridized carbons (Fsp3) is 0.545. The van der Waals surface area contributed by atoms with Gasteiger partial charge in [-0.1, -0.05) is 18.2 Å². The molecule has 1 aliphatic rings. The highest BCUT2D eigenvalue weighted by Crippen LogP contribution is 2.21. The van der Waals surface area contributed by atoms with Crippen molar-refractivity contribution in [2.75, 3.05) is 46.8 Å². The van der Waals surface area contributed by atoms with Crippen molar-refractivity contribution < 1.29 is 9.18 Å². The van der Waals surface area contributed by atoms with Crippen LogP contribution in [0.3, 0.4) is 0 Å². The molecule has 0 spiro atoms. The monoisotopic (exact) mass is 401 g/mol. The number of aryl methyl sites for hydroxylation is 1. The van der Waals surface area contributed by atoms with Gasteiger partial charge in [0.05, 0.1) is 0 Å². The van der Waals surface area contributed by atoms with Crippen molar-refractivity contribution in [1.82, 2.24) is 24.5 Å². The van der Waals surface area contributed by atoms with Crippen molar-refractivity contribution >= 4 is 5.91 Å². The molecule has 1 aromatic heterocycles. The third-order valence-corrected chi connectivity index (χ3v) is 5.58. The first kappa shape index (κ1) is 21.5. The smallest absolute Gasteiger partial charge is 0.272 e. The second-order valence-electron chi connectivity index (χ2n) is 8.23. The number of likely N-dealkylation sites (N-methyl/N-ethyl adjacent to an activating group) is 1. The zero-order valence-electron chi connectivity index (χ0n) is 17.7. The molecule has 1 amide bonds. The minimum atomic E-state index is -0.145. The Hall–Kier alpha value is -2.25. The molecule has 0 bridgehead atoms. The maximum Gasteiger partial charge on any atom is 0.272 e. The van der Waals surface area contributed by atoms with Crippen LogP contribution in [0.15, 0.2) is 36.5 Å². The maximum atomic E-state index is 14.0. The van der Waals surface area contributed by atoms with Crippen molar-refractivity contribution in [3.63, 3.8) is 0 Å². The lowest BCUT2D eigenvalue weighted by Crippen LogP contribution is -2.45. The molecule has 2 aromatic rings. The molecule has 2 heterocycles. The topological polar surface area (TPSA) is 44.6 Å². The van der Waals surface area contributed by atoms with Crippen molar-refractivity contribution in [1.29, 1.82) is 0 Å². The minimum Gasteiger partial charge on any atom is -0.336 e. The highest BCUT2D eigenvalue weighted by molar-refractivity contribution is 5.92. The van der Waals surface area contributed by atoms with Gasteiger partial charge in [-0.05, 0) is 51.5 Å². The van der Waals surface area contributed by atoms with Crippen LogP contribution in [0.1, 0.15) is 28.9 Å². The average molecular weight is 402 g/mol. The largest absolute Gasteiger partial charge is 0.336 e. The fourth-order valence-corrected chi connectivity index (χ4v) is 3.97. The first-order valence-electron chi connectivity index (χ1n) is 10.3. The summed E-state index contributed by atoms with van der Waals surface area (Å²) in [5, 5.41) is 4.14. The molecule has 1 saturated heterocycles. The number of hydrogen-bond donors (Lipinski definition) is 0. The molecular weight excluding hydrogens is 369 g/mol. The van der Waals surface area contributed by atoms with Crippen LogP contribution in [-0.4, -0.2) is 77.2 Å².